The van der Waals surface area contributed by atoms with E-state index in [0.717, 1.165) is 31.7 Å². The molecule has 1 fully saturated rings. The molecule has 0 amide bonds. The molecule has 2 N–H and O–H groups in total. The molecule has 4 heterocycles. The third-order valence-corrected chi connectivity index (χ3v) is 5.62. The Morgan fingerprint density at radius 2 is 2.26 bits per heavy atom. The van der Waals surface area contributed by atoms with Gasteiger partial charge >= 0.3 is 5.97 Å². The largest absolute Gasteiger partial charge is 0.477 e. The van der Waals surface area contributed by atoms with E-state index in [4.69, 9.17) is 4.98 Å². The maximum Gasteiger partial charge on any atom is 0.341 e. The van der Waals surface area contributed by atoms with E-state index < -0.39 is 11.4 Å². The lowest BCUT2D eigenvalue weighted by Crippen LogP contribution is -2.44. The first-order chi connectivity index (χ1) is 13.1. The number of hydrogen-bond donors (Lipinski definition) is 2. The van der Waals surface area contributed by atoms with E-state index >= 15 is 0 Å². The molecule has 8 nitrogen and oxygen atoms in total. The average Bonchev–Trinajstić information content (AvgIpc) is 3.22. The third-order valence-electron chi connectivity index (χ3n) is 4.85. The second-order valence-electron chi connectivity index (χ2n) is 6.48. The highest BCUT2D eigenvalue weighted by Gasteiger charge is 2.22. The molecule has 9 heteroatoms. The molecule has 4 rings (SSSR count). The molecule has 0 aliphatic carbocycles. The van der Waals surface area contributed by atoms with Crippen molar-refractivity contribution in [1.82, 2.24) is 19.9 Å². The second-order valence-corrected chi connectivity index (χ2v) is 7.35. The van der Waals surface area contributed by atoms with E-state index in [1.807, 2.05) is 7.05 Å². The van der Waals surface area contributed by atoms with Gasteiger partial charge in [0.25, 0.3) is 0 Å². The zero-order valence-electron chi connectivity index (χ0n) is 14.8. The Balaban J connectivity index is 1.89. The van der Waals surface area contributed by atoms with Gasteiger partial charge in [-0.2, -0.15) is 0 Å². The molecule has 1 atom stereocenters. The number of rotatable bonds is 4. The quantitative estimate of drug-likeness (QED) is 0.705. The number of nitrogens with zero attached hydrogens (tertiary/aromatic N) is 4. The molecule has 27 heavy (non-hydrogen) atoms. The van der Waals surface area contributed by atoms with Crippen LogP contribution >= 0.6 is 11.3 Å². The number of aromatic nitrogens is 3. The summed E-state index contributed by atoms with van der Waals surface area (Å²) in [6, 6.07) is 3.85. The van der Waals surface area contributed by atoms with Crippen molar-refractivity contribution in [2.45, 2.75) is 18.9 Å². The molecule has 1 aliphatic heterocycles. The van der Waals surface area contributed by atoms with Gasteiger partial charge < -0.3 is 15.3 Å². The van der Waals surface area contributed by atoms with Gasteiger partial charge in [-0.25, -0.2) is 14.8 Å². The Bertz CT molecular complexity index is 1050. The summed E-state index contributed by atoms with van der Waals surface area (Å²) >= 11 is 1.36. The topological polar surface area (TPSA) is 100 Å². The summed E-state index contributed by atoms with van der Waals surface area (Å²) < 4.78 is 1.59. The highest BCUT2D eigenvalue weighted by molar-refractivity contribution is 7.12. The third kappa shape index (κ3) is 3.19. The van der Waals surface area contributed by atoms with Crippen molar-refractivity contribution in [3.63, 3.8) is 0 Å². The monoisotopic (exact) mass is 385 g/mol. The molecular weight excluding hydrogens is 366 g/mol. The highest BCUT2D eigenvalue weighted by atomic mass is 32.1. The Morgan fingerprint density at radius 1 is 1.41 bits per heavy atom. The maximum absolute atomic E-state index is 12.6. The van der Waals surface area contributed by atoms with Crippen LogP contribution in [0.1, 0.15) is 23.2 Å². The highest BCUT2D eigenvalue weighted by Crippen LogP contribution is 2.23. The molecule has 0 aromatic carbocycles. The Hall–Kier alpha value is -2.78. The summed E-state index contributed by atoms with van der Waals surface area (Å²) in [7, 11) is 1.95. The number of nitrogens with one attached hydrogen (secondary N) is 1. The van der Waals surface area contributed by atoms with E-state index in [1.54, 1.807) is 28.3 Å². The molecule has 0 bridgehead atoms. The summed E-state index contributed by atoms with van der Waals surface area (Å²) in [5.74, 6) is -0.487. The van der Waals surface area contributed by atoms with Crippen LogP contribution in [0, 0.1) is 0 Å². The van der Waals surface area contributed by atoms with Gasteiger partial charge in [-0.3, -0.25) is 9.36 Å². The number of likely N-dealkylation sites (N-methyl/N-ethyl adjacent to an activating group) is 1. The molecule has 0 radical (unpaired) electrons. The number of pyridine rings is 2. The Kier molecular flexibility index (Phi) is 4.63. The van der Waals surface area contributed by atoms with Crippen LogP contribution in [-0.4, -0.2) is 51.8 Å². The van der Waals surface area contributed by atoms with Crippen LogP contribution in [0.25, 0.3) is 16.2 Å². The first-order valence-corrected chi connectivity index (χ1v) is 9.58. The van der Waals surface area contributed by atoms with Gasteiger partial charge in [0.15, 0.2) is 10.8 Å². The maximum atomic E-state index is 12.6. The van der Waals surface area contributed by atoms with Crippen LogP contribution < -0.4 is 15.6 Å². The van der Waals surface area contributed by atoms with Crippen molar-refractivity contribution in [2.75, 3.05) is 25.0 Å². The minimum atomic E-state index is -1.26. The molecule has 1 saturated heterocycles. The fourth-order valence-electron chi connectivity index (χ4n) is 3.42. The Morgan fingerprint density at radius 3 is 2.96 bits per heavy atom. The Labute approximate surface area is 159 Å². The standard InChI is InChI=1S/C18H19N5O3S/c1-19-11-3-2-7-22(9-11)14-5-4-12-15(24)13(17(25)26)10-23(16(12)21-14)18-20-6-8-27-18/h4-6,8,10-11,19H,2-3,7,9H2,1H3,(H,25,26). The van der Waals surface area contributed by atoms with E-state index in [0.29, 0.717) is 16.8 Å². The van der Waals surface area contributed by atoms with E-state index in [1.165, 1.54) is 17.5 Å². The molecule has 3 aromatic heterocycles. The molecular formula is C18H19N5O3S. The first kappa shape index (κ1) is 17.6. The smallest absolute Gasteiger partial charge is 0.341 e. The molecule has 1 unspecified atom stereocenters. The fourth-order valence-corrected chi connectivity index (χ4v) is 4.04. The number of carbonyl (C=O) groups is 1. The van der Waals surface area contributed by atoms with E-state index in [9.17, 15) is 14.7 Å². The number of anilines is 1. The summed E-state index contributed by atoms with van der Waals surface area (Å²) in [6.45, 7) is 1.73. The first-order valence-electron chi connectivity index (χ1n) is 8.70. The van der Waals surface area contributed by atoms with Crippen molar-refractivity contribution < 1.29 is 9.90 Å². The van der Waals surface area contributed by atoms with Crippen LogP contribution in [0.3, 0.4) is 0 Å². The summed E-state index contributed by atoms with van der Waals surface area (Å²) in [5.41, 5.74) is -0.402. The van der Waals surface area contributed by atoms with E-state index in [-0.39, 0.29) is 10.9 Å². The predicted octanol–water partition coefficient (Wildman–Crippen LogP) is 1.73. The van der Waals surface area contributed by atoms with Crippen LogP contribution in [0.15, 0.2) is 34.7 Å². The average molecular weight is 385 g/mol. The number of thiazole rings is 1. The number of piperidine rings is 1. The van der Waals surface area contributed by atoms with Crippen molar-refractivity contribution in [1.29, 1.82) is 0 Å². The van der Waals surface area contributed by atoms with E-state index in [2.05, 4.69) is 15.2 Å². The van der Waals surface area contributed by atoms with Gasteiger partial charge in [0.1, 0.15) is 11.4 Å². The fraction of sp³-hybridized carbons (Fsp3) is 0.333. The molecule has 140 valence electrons. The van der Waals surface area contributed by atoms with Crippen LogP contribution in [-0.2, 0) is 0 Å². The minimum absolute atomic E-state index is 0.274. The number of aromatic carboxylic acids is 1. The normalized spacial score (nSPS) is 17.4. The van der Waals surface area contributed by atoms with Crippen molar-refractivity contribution in [3.05, 3.63) is 45.7 Å². The molecule has 0 saturated carbocycles. The number of hydrogen-bond acceptors (Lipinski definition) is 7. The lowest BCUT2D eigenvalue weighted by Gasteiger charge is -2.33. The van der Waals surface area contributed by atoms with Crippen molar-refractivity contribution in [2.24, 2.45) is 0 Å². The van der Waals surface area contributed by atoms with Crippen LogP contribution in [0.2, 0.25) is 0 Å². The predicted molar refractivity (Wildman–Crippen MR) is 104 cm³/mol. The number of fused-ring (bicyclic) bond motifs is 1. The van der Waals surface area contributed by atoms with Gasteiger partial charge in [-0.1, -0.05) is 0 Å². The summed E-state index contributed by atoms with van der Waals surface area (Å²) in [5, 5.41) is 15.3. The van der Waals surface area contributed by atoms with Gasteiger partial charge in [-0.15, -0.1) is 11.3 Å². The van der Waals surface area contributed by atoms with Gasteiger partial charge in [0.05, 0.1) is 5.39 Å². The van der Waals surface area contributed by atoms with Gasteiger partial charge in [-0.05, 0) is 32.0 Å². The van der Waals surface area contributed by atoms with Gasteiger partial charge in [0.2, 0.25) is 5.43 Å². The molecule has 1 aliphatic rings. The SMILES string of the molecule is CNC1CCCN(c2ccc3c(=O)c(C(=O)O)cn(-c4nccs4)c3n2)C1. The molecule has 0 spiro atoms. The second kappa shape index (κ2) is 7.09. The van der Waals surface area contributed by atoms with Crippen molar-refractivity contribution >= 4 is 34.2 Å². The number of carboxylic acids is 1. The minimum Gasteiger partial charge on any atom is -0.477 e. The lowest BCUT2D eigenvalue weighted by molar-refractivity contribution is 0.0695. The van der Waals surface area contributed by atoms with Gasteiger partial charge in [0, 0.05) is 36.9 Å². The van der Waals surface area contributed by atoms with Crippen molar-refractivity contribution in [3.8, 4) is 5.13 Å². The zero-order valence-corrected chi connectivity index (χ0v) is 15.6. The summed E-state index contributed by atoms with van der Waals surface area (Å²) in [4.78, 5) is 35.3. The summed E-state index contributed by atoms with van der Waals surface area (Å²) in [6.07, 6.45) is 5.13. The number of carboxylic acid groups (broad SMARTS) is 1. The molecule has 3 aromatic rings. The van der Waals surface area contributed by atoms with Crippen LogP contribution in [0.4, 0.5) is 5.82 Å². The van der Waals surface area contributed by atoms with Crippen LogP contribution in [0.5, 0.6) is 0 Å². The lowest BCUT2D eigenvalue weighted by atomic mass is 10.1. The zero-order chi connectivity index (χ0) is 19.0.